The summed E-state index contributed by atoms with van der Waals surface area (Å²) in [6.45, 7) is 2.93. The van der Waals surface area contributed by atoms with Gasteiger partial charge in [0, 0.05) is 13.1 Å². The first-order chi connectivity index (χ1) is 7.69. The number of aliphatic hydroxyl groups is 1. The lowest BCUT2D eigenvalue weighted by atomic mass is 10.3. The SMILES string of the molecule is CCCCN(CCO)C(=O)c1nnc(N)s1. The van der Waals surface area contributed by atoms with Crippen LogP contribution >= 0.6 is 11.3 Å². The highest BCUT2D eigenvalue weighted by Gasteiger charge is 2.18. The second-order valence-electron chi connectivity index (χ2n) is 3.31. The number of amides is 1. The van der Waals surface area contributed by atoms with Crippen molar-refractivity contribution < 1.29 is 9.90 Å². The molecular formula is C9H16N4O2S. The highest BCUT2D eigenvalue weighted by Crippen LogP contribution is 2.13. The van der Waals surface area contributed by atoms with E-state index < -0.39 is 0 Å². The molecule has 7 heteroatoms. The van der Waals surface area contributed by atoms with Crippen LogP contribution in [0.4, 0.5) is 5.13 Å². The second-order valence-corrected chi connectivity index (χ2v) is 4.32. The number of nitrogen functional groups attached to an aromatic ring is 1. The molecule has 1 amide bonds. The molecule has 0 saturated heterocycles. The van der Waals surface area contributed by atoms with Crippen molar-refractivity contribution in [2.45, 2.75) is 19.8 Å². The lowest BCUT2D eigenvalue weighted by Crippen LogP contribution is -2.34. The summed E-state index contributed by atoms with van der Waals surface area (Å²) < 4.78 is 0. The summed E-state index contributed by atoms with van der Waals surface area (Å²) in [6, 6.07) is 0. The molecule has 3 N–H and O–H groups in total. The van der Waals surface area contributed by atoms with Crippen molar-refractivity contribution in [2.75, 3.05) is 25.4 Å². The molecule has 0 unspecified atom stereocenters. The minimum absolute atomic E-state index is 0.0518. The van der Waals surface area contributed by atoms with Gasteiger partial charge in [-0.25, -0.2) is 0 Å². The number of carbonyl (C=O) groups is 1. The van der Waals surface area contributed by atoms with Crippen LogP contribution in [-0.2, 0) is 0 Å². The van der Waals surface area contributed by atoms with Crippen LogP contribution < -0.4 is 5.73 Å². The van der Waals surface area contributed by atoms with Gasteiger partial charge in [0.25, 0.3) is 5.91 Å². The number of hydrogen-bond acceptors (Lipinski definition) is 6. The van der Waals surface area contributed by atoms with Crippen LogP contribution in [0.25, 0.3) is 0 Å². The first kappa shape index (κ1) is 12.9. The smallest absolute Gasteiger partial charge is 0.284 e. The van der Waals surface area contributed by atoms with Crippen molar-refractivity contribution in [3.63, 3.8) is 0 Å². The van der Waals surface area contributed by atoms with Crippen LogP contribution in [0.1, 0.15) is 29.6 Å². The molecule has 0 radical (unpaired) electrons. The number of aromatic nitrogens is 2. The van der Waals surface area contributed by atoms with Gasteiger partial charge in [-0.2, -0.15) is 0 Å². The van der Waals surface area contributed by atoms with E-state index in [-0.39, 0.29) is 22.7 Å². The molecule has 0 aliphatic carbocycles. The summed E-state index contributed by atoms with van der Waals surface area (Å²) in [5.41, 5.74) is 5.42. The lowest BCUT2D eigenvalue weighted by Gasteiger charge is -2.19. The zero-order valence-corrected chi connectivity index (χ0v) is 10.0. The van der Waals surface area contributed by atoms with E-state index in [4.69, 9.17) is 10.8 Å². The number of nitrogens with zero attached hydrogens (tertiary/aromatic N) is 3. The van der Waals surface area contributed by atoms with Crippen molar-refractivity contribution in [3.05, 3.63) is 5.01 Å². The van der Waals surface area contributed by atoms with E-state index >= 15 is 0 Å². The minimum Gasteiger partial charge on any atom is -0.395 e. The van der Waals surface area contributed by atoms with Crippen molar-refractivity contribution >= 4 is 22.4 Å². The average Bonchev–Trinajstić information content (AvgIpc) is 2.70. The van der Waals surface area contributed by atoms with Crippen LogP contribution in [0.15, 0.2) is 0 Å². The van der Waals surface area contributed by atoms with E-state index in [2.05, 4.69) is 10.2 Å². The molecule has 1 heterocycles. The summed E-state index contributed by atoms with van der Waals surface area (Å²) >= 11 is 1.07. The van der Waals surface area contributed by atoms with Crippen LogP contribution in [0, 0.1) is 0 Å². The van der Waals surface area contributed by atoms with Crippen LogP contribution in [-0.4, -0.2) is 45.8 Å². The summed E-state index contributed by atoms with van der Waals surface area (Å²) in [4.78, 5) is 13.5. The number of anilines is 1. The first-order valence-corrected chi connectivity index (χ1v) is 5.99. The zero-order valence-electron chi connectivity index (χ0n) is 9.22. The molecule has 1 aromatic rings. The second kappa shape index (κ2) is 6.39. The normalized spacial score (nSPS) is 10.4. The number of nitrogens with two attached hydrogens (primary N) is 1. The maximum atomic E-state index is 11.9. The Kier molecular flexibility index (Phi) is 5.13. The average molecular weight is 244 g/mol. The van der Waals surface area contributed by atoms with E-state index in [0.717, 1.165) is 24.2 Å². The van der Waals surface area contributed by atoms with Gasteiger partial charge in [0.15, 0.2) is 0 Å². The fourth-order valence-electron chi connectivity index (χ4n) is 1.24. The largest absolute Gasteiger partial charge is 0.395 e. The number of carbonyl (C=O) groups excluding carboxylic acids is 1. The van der Waals surface area contributed by atoms with Crippen LogP contribution in [0.3, 0.4) is 0 Å². The molecule has 1 aromatic heterocycles. The van der Waals surface area contributed by atoms with Gasteiger partial charge in [0.1, 0.15) is 0 Å². The van der Waals surface area contributed by atoms with Gasteiger partial charge in [-0.15, -0.1) is 10.2 Å². The standard InChI is InChI=1S/C9H16N4O2S/c1-2-3-4-13(5-6-14)8(15)7-11-12-9(10)16-7/h14H,2-6H2,1H3,(H2,10,12). The van der Waals surface area contributed by atoms with Crippen LogP contribution in [0.2, 0.25) is 0 Å². The monoisotopic (exact) mass is 244 g/mol. The van der Waals surface area contributed by atoms with Gasteiger partial charge in [0.2, 0.25) is 10.1 Å². The quantitative estimate of drug-likeness (QED) is 0.753. The molecular weight excluding hydrogens is 228 g/mol. The number of aliphatic hydroxyl groups excluding tert-OH is 1. The Morgan fingerprint density at radius 3 is 2.75 bits per heavy atom. The Bertz CT molecular complexity index is 342. The molecule has 16 heavy (non-hydrogen) atoms. The first-order valence-electron chi connectivity index (χ1n) is 5.18. The zero-order chi connectivity index (χ0) is 12.0. The maximum Gasteiger partial charge on any atom is 0.284 e. The predicted molar refractivity (Wildman–Crippen MR) is 62.2 cm³/mol. The molecule has 0 fully saturated rings. The fourth-order valence-corrected chi connectivity index (χ4v) is 1.82. The third kappa shape index (κ3) is 3.42. The van der Waals surface area contributed by atoms with Crippen molar-refractivity contribution in [1.82, 2.24) is 15.1 Å². The fraction of sp³-hybridized carbons (Fsp3) is 0.667. The van der Waals surface area contributed by atoms with Gasteiger partial charge >= 0.3 is 0 Å². The Morgan fingerprint density at radius 1 is 1.50 bits per heavy atom. The van der Waals surface area contributed by atoms with E-state index in [0.29, 0.717) is 13.1 Å². The number of hydrogen-bond donors (Lipinski definition) is 2. The van der Waals surface area contributed by atoms with Crippen molar-refractivity contribution in [1.29, 1.82) is 0 Å². The van der Waals surface area contributed by atoms with Crippen LogP contribution in [0.5, 0.6) is 0 Å². The Balaban J connectivity index is 2.66. The molecule has 1 rings (SSSR count). The van der Waals surface area contributed by atoms with Gasteiger partial charge in [0.05, 0.1) is 6.61 Å². The molecule has 0 bridgehead atoms. The molecule has 0 aliphatic rings. The van der Waals surface area contributed by atoms with Gasteiger partial charge in [-0.1, -0.05) is 24.7 Å². The summed E-state index contributed by atoms with van der Waals surface area (Å²) in [5, 5.41) is 16.7. The summed E-state index contributed by atoms with van der Waals surface area (Å²) in [7, 11) is 0. The molecule has 0 spiro atoms. The molecule has 6 nitrogen and oxygen atoms in total. The Morgan fingerprint density at radius 2 is 2.25 bits per heavy atom. The minimum atomic E-state index is -0.211. The molecule has 0 saturated carbocycles. The topological polar surface area (TPSA) is 92.3 Å². The Labute approximate surface area is 98.1 Å². The summed E-state index contributed by atoms with van der Waals surface area (Å²) in [5.74, 6) is -0.211. The van der Waals surface area contributed by atoms with E-state index in [9.17, 15) is 4.79 Å². The lowest BCUT2D eigenvalue weighted by molar-refractivity contribution is 0.0718. The molecule has 0 aromatic carbocycles. The molecule has 90 valence electrons. The predicted octanol–water partition coefficient (Wildman–Crippen LogP) is 0.355. The van der Waals surface area contributed by atoms with E-state index in [1.807, 2.05) is 6.92 Å². The molecule has 0 atom stereocenters. The van der Waals surface area contributed by atoms with Gasteiger partial charge in [-0.3, -0.25) is 4.79 Å². The number of unbranched alkanes of at least 4 members (excludes halogenated alkanes) is 1. The van der Waals surface area contributed by atoms with Gasteiger partial charge < -0.3 is 15.7 Å². The number of rotatable bonds is 6. The highest BCUT2D eigenvalue weighted by molar-refractivity contribution is 7.16. The third-order valence-corrected chi connectivity index (χ3v) is 2.80. The van der Waals surface area contributed by atoms with Gasteiger partial charge in [-0.05, 0) is 6.42 Å². The van der Waals surface area contributed by atoms with Crippen molar-refractivity contribution in [2.24, 2.45) is 0 Å². The van der Waals surface area contributed by atoms with E-state index in [1.165, 1.54) is 0 Å². The third-order valence-electron chi connectivity index (χ3n) is 2.06. The Hall–Kier alpha value is -1.21. The van der Waals surface area contributed by atoms with E-state index in [1.54, 1.807) is 4.90 Å². The highest BCUT2D eigenvalue weighted by atomic mass is 32.1. The molecule has 0 aliphatic heterocycles. The maximum absolute atomic E-state index is 11.9. The van der Waals surface area contributed by atoms with Crippen molar-refractivity contribution in [3.8, 4) is 0 Å². The summed E-state index contributed by atoms with van der Waals surface area (Å²) in [6.07, 6.45) is 1.90.